The second-order valence-electron chi connectivity index (χ2n) is 7.73. The average Bonchev–Trinajstić information content (AvgIpc) is 3.08. The van der Waals surface area contributed by atoms with E-state index in [9.17, 15) is 18.8 Å². The number of rotatable bonds is 10. The number of hydrogen-bond donors (Lipinski definition) is 1. The molecule has 0 saturated heterocycles. The summed E-state index contributed by atoms with van der Waals surface area (Å²) in [6.45, 7) is 2.39. The number of anilines is 1. The Morgan fingerprint density at radius 2 is 1.74 bits per heavy atom. The Morgan fingerprint density at radius 1 is 1.06 bits per heavy atom. The molecule has 1 aliphatic heterocycles. The van der Waals surface area contributed by atoms with E-state index in [1.54, 1.807) is 49.3 Å². The van der Waals surface area contributed by atoms with Crippen LogP contribution in [0.5, 0.6) is 5.75 Å². The number of carbonyl (C=O) groups is 3. The number of benzene rings is 2. The Labute approximate surface area is 203 Å². The largest absolute Gasteiger partial charge is 0.484 e. The molecule has 0 spiro atoms. The van der Waals surface area contributed by atoms with Gasteiger partial charge in [-0.25, -0.2) is 9.18 Å². The van der Waals surface area contributed by atoms with E-state index in [0.717, 1.165) is 0 Å². The van der Waals surface area contributed by atoms with Gasteiger partial charge < -0.3 is 24.4 Å². The summed E-state index contributed by atoms with van der Waals surface area (Å²) in [6.07, 6.45) is 2.25. The van der Waals surface area contributed by atoms with Gasteiger partial charge in [0.1, 0.15) is 11.6 Å². The molecule has 0 radical (unpaired) electrons. The van der Waals surface area contributed by atoms with Gasteiger partial charge in [-0.1, -0.05) is 12.1 Å². The second-order valence-corrected chi connectivity index (χ2v) is 7.73. The number of nitrogens with zero attached hydrogens (tertiary/aromatic N) is 1. The number of methoxy groups -OCH3 is 2. The molecule has 184 valence electrons. The maximum absolute atomic E-state index is 13.0. The lowest BCUT2D eigenvalue weighted by atomic mass is 10.0. The molecule has 0 aliphatic carbocycles. The highest BCUT2D eigenvalue weighted by Crippen LogP contribution is 2.32. The summed E-state index contributed by atoms with van der Waals surface area (Å²) in [5, 5.41) is 2.61. The van der Waals surface area contributed by atoms with Gasteiger partial charge in [-0.15, -0.1) is 0 Å². The molecule has 35 heavy (non-hydrogen) atoms. The fourth-order valence-corrected chi connectivity index (χ4v) is 3.57. The summed E-state index contributed by atoms with van der Waals surface area (Å²) in [6, 6.07) is 12.1. The minimum Gasteiger partial charge on any atom is -0.484 e. The van der Waals surface area contributed by atoms with Gasteiger partial charge in [0.25, 0.3) is 11.8 Å². The summed E-state index contributed by atoms with van der Waals surface area (Å²) in [5.41, 5.74) is 2.15. The first-order chi connectivity index (χ1) is 16.8. The van der Waals surface area contributed by atoms with Gasteiger partial charge in [0.05, 0.1) is 18.3 Å². The van der Waals surface area contributed by atoms with Crippen molar-refractivity contribution < 1.29 is 33.0 Å². The number of nitrogens with one attached hydrogen (secondary N) is 1. The number of esters is 1. The molecule has 0 fully saturated rings. The van der Waals surface area contributed by atoms with Crippen LogP contribution in [0.1, 0.15) is 18.9 Å². The molecule has 0 atom stereocenters. The van der Waals surface area contributed by atoms with Crippen LogP contribution >= 0.6 is 0 Å². The van der Waals surface area contributed by atoms with Crippen LogP contribution in [-0.4, -0.2) is 56.7 Å². The molecule has 0 bridgehead atoms. The van der Waals surface area contributed by atoms with Crippen molar-refractivity contribution in [3.63, 3.8) is 0 Å². The zero-order chi connectivity index (χ0) is 25.4. The molecule has 1 N–H and O–H groups in total. The molecule has 1 aliphatic rings. The smallest absolute Gasteiger partial charge is 0.340 e. The van der Waals surface area contributed by atoms with E-state index in [2.05, 4.69) is 5.32 Å². The van der Waals surface area contributed by atoms with E-state index in [0.29, 0.717) is 42.3 Å². The topological polar surface area (TPSA) is 94.2 Å². The van der Waals surface area contributed by atoms with Gasteiger partial charge in [-0.2, -0.15) is 0 Å². The predicted molar refractivity (Wildman–Crippen MR) is 128 cm³/mol. The fourth-order valence-electron chi connectivity index (χ4n) is 3.57. The minimum absolute atomic E-state index is 0.229. The number of ether oxygens (including phenoxy) is 3. The van der Waals surface area contributed by atoms with Crippen LogP contribution in [0.3, 0.4) is 0 Å². The maximum atomic E-state index is 13.0. The van der Waals surface area contributed by atoms with Crippen molar-refractivity contribution in [1.29, 1.82) is 0 Å². The SMILES string of the molecule is COCCCN1C(=O)C(=Cc2ccc(OCC(=O)Nc3ccc(F)cc3)cc2)C(C(=O)OC)=C1C. The molecule has 0 saturated carbocycles. The van der Waals surface area contributed by atoms with Crippen LogP contribution in [0.25, 0.3) is 6.08 Å². The molecule has 8 nitrogen and oxygen atoms in total. The zero-order valence-electron chi connectivity index (χ0n) is 19.8. The van der Waals surface area contributed by atoms with Crippen LogP contribution in [0.4, 0.5) is 10.1 Å². The average molecular weight is 483 g/mol. The Balaban J connectivity index is 1.68. The summed E-state index contributed by atoms with van der Waals surface area (Å²) >= 11 is 0. The number of hydrogen-bond acceptors (Lipinski definition) is 6. The van der Waals surface area contributed by atoms with E-state index >= 15 is 0 Å². The van der Waals surface area contributed by atoms with Crippen molar-refractivity contribution in [2.75, 3.05) is 39.3 Å². The van der Waals surface area contributed by atoms with Gasteiger partial charge in [0, 0.05) is 31.6 Å². The lowest BCUT2D eigenvalue weighted by Crippen LogP contribution is -2.26. The van der Waals surface area contributed by atoms with E-state index in [-0.39, 0.29) is 23.7 Å². The molecular formula is C26H27FN2O6. The maximum Gasteiger partial charge on any atom is 0.340 e. The van der Waals surface area contributed by atoms with Gasteiger partial charge in [0.2, 0.25) is 0 Å². The second kappa shape index (κ2) is 11.9. The summed E-state index contributed by atoms with van der Waals surface area (Å²) in [5.74, 6) is -1.20. The van der Waals surface area contributed by atoms with Crippen molar-refractivity contribution in [3.05, 3.63) is 76.8 Å². The molecule has 2 aromatic rings. The quantitative estimate of drug-likeness (QED) is 0.316. The Morgan fingerprint density at radius 3 is 2.37 bits per heavy atom. The van der Waals surface area contributed by atoms with Crippen LogP contribution in [0.2, 0.25) is 0 Å². The molecule has 2 amide bonds. The third kappa shape index (κ3) is 6.54. The highest BCUT2D eigenvalue weighted by Gasteiger charge is 2.36. The molecule has 9 heteroatoms. The molecule has 0 unspecified atom stereocenters. The lowest BCUT2D eigenvalue weighted by Gasteiger charge is -2.17. The lowest BCUT2D eigenvalue weighted by molar-refractivity contribution is -0.136. The molecule has 1 heterocycles. The van der Waals surface area contributed by atoms with Gasteiger partial charge in [-0.05, 0) is 61.4 Å². The van der Waals surface area contributed by atoms with Crippen LogP contribution in [0.15, 0.2) is 65.4 Å². The van der Waals surface area contributed by atoms with Crippen molar-refractivity contribution >= 4 is 29.5 Å². The number of allylic oxidation sites excluding steroid dienone is 1. The Hall–Kier alpha value is -3.98. The summed E-state index contributed by atoms with van der Waals surface area (Å²) < 4.78 is 28.4. The summed E-state index contributed by atoms with van der Waals surface area (Å²) in [7, 11) is 2.86. The van der Waals surface area contributed by atoms with E-state index < -0.39 is 17.7 Å². The normalized spacial score (nSPS) is 14.5. The predicted octanol–water partition coefficient (Wildman–Crippen LogP) is 3.55. The number of amides is 2. The van der Waals surface area contributed by atoms with Gasteiger partial charge in [-0.3, -0.25) is 9.59 Å². The highest BCUT2D eigenvalue weighted by atomic mass is 19.1. The molecule has 2 aromatic carbocycles. The number of carbonyl (C=O) groups excluding carboxylic acids is 3. The zero-order valence-corrected chi connectivity index (χ0v) is 19.8. The minimum atomic E-state index is -0.580. The van der Waals surface area contributed by atoms with Gasteiger partial charge in [0.15, 0.2) is 6.61 Å². The Kier molecular flexibility index (Phi) is 8.74. The first kappa shape index (κ1) is 25.6. The molecule has 3 rings (SSSR count). The standard InChI is InChI=1S/C26H27FN2O6/c1-17-24(26(32)34-3)22(25(31)29(17)13-4-14-33-2)15-18-5-11-21(12-6-18)35-16-23(30)28-20-9-7-19(27)8-10-20/h5-12,15H,4,13-14,16H2,1-3H3,(H,28,30). The van der Waals surface area contributed by atoms with Crippen LogP contribution in [0, 0.1) is 5.82 Å². The highest BCUT2D eigenvalue weighted by molar-refractivity contribution is 6.16. The number of halogens is 1. The summed E-state index contributed by atoms with van der Waals surface area (Å²) in [4.78, 5) is 39.0. The van der Waals surface area contributed by atoms with Crippen molar-refractivity contribution in [2.45, 2.75) is 13.3 Å². The van der Waals surface area contributed by atoms with Crippen LogP contribution in [-0.2, 0) is 23.9 Å². The first-order valence-corrected chi connectivity index (χ1v) is 10.9. The van der Waals surface area contributed by atoms with Crippen molar-refractivity contribution in [3.8, 4) is 5.75 Å². The van der Waals surface area contributed by atoms with E-state index in [4.69, 9.17) is 14.2 Å². The molecular weight excluding hydrogens is 455 g/mol. The van der Waals surface area contributed by atoms with E-state index in [1.807, 2.05) is 0 Å². The first-order valence-electron chi connectivity index (χ1n) is 10.9. The van der Waals surface area contributed by atoms with Crippen LogP contribution < -0.4 is 10.1 Å². The molecule has 0 aromatic heterocycles. The van der Waals surface area contributed by atoms with Crippen molar-refractivity contribution in [1.82, 2.24) is 4.90 Å². The third-order valence-electron chi connectivity index (χ3n) is 5.32. The fraction of sp³-hybridized carbons (Fsp3) is 0.269. The third-order valence-corrected chi connectivity index (χ3v) is 5.32. The van der Waals surface area contributed by atoms with E-state index in [1.165, 1.54) is 31.4 Å². The Bertz CT molecular complexity index is 1140. The van der Waals surface area contributed by atoms with Crippen molar-refractivity contribution in [2.24, 2.45) is 0 Å². The monoisotopic (exact) mass is 482 g/mol. The van der Waals surface area contributed by atoms with Gasteiger partial charge >= 0.3 is 5.97 Å².